The van der Waals surface area contributed by atoms with Gasteiger partial charge in [0.05, 0.1) is 4.90 Å². The van der Waals surface area contributed by atoms with Crippen LogP contribution in [0.5, 0.6) is 0 Å². The molecule has 0 atom stereocenters. The topological polar surface area (TPSA) is 0 Å². The molecule has 0 amide bonds. The summed E-state index contributed by atoms with van der Waals surface area (Å²) in [7, 11) is 0. The Kier molecular flexibility index (Phi) is 3.10. The molecule has 0 fully saturated rings. The number of rotatable bonds is 3. The van der Waals surface area contributed by atoms with Gasteiger partial charge < -0.3 is 0 Å². The average molecular weight is 198 g/mol. The molecule has 0 aromatic heterocycles. The summed E-state index contributed by atoms with van der Waals surface area (Å²) < 4.78 is 0. The smallest absolute Gasteiger partial charge is 0.0580 e. The summed E-state index contributed by atoms with van der Waals surface area (Å²) in [6.45, 7) is 0. The van der Waals surface area contributed by atoms with Crippen molar-refractivity contribution in [2.24, 2.45) is 0 Å². The summed E-state index contributed by atoms with van der Waals surface area (Å²) in [6, 6.07) is 22.4. The van der Waals surface area contributed by atoms with E-state index in [9.17, 15) is 0 Å². The zero-order valence-corrected chi connectivity index (χ0v) is 8.55. The summed E-state index contributed by atoms with van der Waals surface area (Å²) in [5.41, 5.74) is 1.34. The van der Waals surface area contributed by atoms with Crippen molar-refractivity contribution in [1.82, 2.24) is 0 Å². The normalized spacial score (nSPS) is 9.43. The van der Waals surface area contributed by atoms with Crippen molar-refractivity contribution in [2.45, 2.75) is 10.6 Å². The van der Waals surface area contributed by atoms with Crippen molar-refractivity contribution >= 4 is 11.8 Å². The summed E-state index contributed by atoms with van der Waals surface area (Å²) in [6.07, 6.45) is 0. The third kappa shape index (κ3) is 2.55. The van der Waals surface area contributed by atoms with Crippen LogP contribution in [0.1, 0.15) is 5.56 Å². The maximum absolute atomic E-state index is 3.08. The SMILES string of the molecule is c1cccc(SCc2ccccc2)c#1. The van der Waals surface area contributed by atoms with Gasteiger partial charge in [0, 0.05) is 5.75 Å². The van der Waals surface area contributed by atoms with Gasteiger partial charge >= 0.3 is 0 Å². The van der Waals surface area contributed by atoms with Crippen LogP contribution in [0.4, 0.5) is 0 Å². The van der Waals surface area contributed by atoms with Gasteiger partial charge in [-0.05, 0) is 17.7 Å². The minimum absolute atomic E-state index is 0.995. The van der Waals surface area contributed by atoms with Crippen LogP contribution < -0.4 is 0 Å². The summed E-state index contributed by atoms with van der Waals surface area (Å²) in [5.74, 6) is 0.995. The Hall–Kier alpha value is -1.39. The molecule has 0 aliphatic carbocycles. The molecule has 1 heteroatoms. The van der Waals surface area contributed by atoms with Gasteiger partial charge in [-0.3, -0.25) is 0 Å². The molecule has 0 unspecified atom stereocenters. The second-order valence-electron chi connectivity index (χ2n) is 2.93. The molecule has 0 saturated heterocycles. The summed E-state index contributed by atoms with van der Waals surface area (Å²) in [5, 5.41) is 0. The Labute approximate surface area is 89.0 Å². The number of hydrogen-bond donors (Lipinski definition) is 0. The van der Waals surface area contributed by atoms with E-state index in [4.69, 9.17) is 0 Å². The highest BCUT2D eigenvalue weighted by Crippen LogP contribution is 2.19. The summed E-state index contributed by atoms with van der Waals surface area (Å²) >= 11 is 1.79. The molecular weight excluding hydrogens is 188 g/mol. The lowest BCUT2D eigenvalue weighted by Crippen LogP contribution is -1.77. The zero-order valence-electron chi connectivity index (χ0n) is 7.73. The van der Waals surface area contributed by atoms with E-state index in [1.807, 2.05) is 18.2 Å². The molecule has 14 heavy (non-hydrogen) atoms. The first kappa shape index (κ1) is 9.18. The van der Waals surface area contributed by atoms with Gasteiger partial charge in [-0.15, -0.1) is 11.8 Å². The molecule has 2 aromatic rings. The third-order valence-electron chi connectivity index (χ3n) is 1.86. The lowest BCUT2D eigenvalue weighted by atomic mass is 10.2. The maximum Gasteiger partial charge on any atom is 0.0580 e. The van der Waals surface area contributed by atoms with Crippen LogP contribution in [-0.4, -0.2) is 0 Å². The molecule has 2 aromatic carbocycles. The van der Waals surface area contributed by atoms with Crippen LogP contribution in [0.25, 0.3) is 0 Å². The van der Waals surface area contributed by atoms with Gasteiger partial charge in [-0.2, -0.15) is 0 Å². The largest absolute Gasteiger partial charge is 0.112 e. The van der Waals surface area contributed by atoms with Gasteiger partial charge in [0.1, 0.15) is 0 Å². The Morgan fingerprint density at radius 2 is 1.86 bits per heavy atom. The summed E-state index contributed by atoms with van der Waals surface area (Å²) in [4.78, 5) is 1.15. The van der Waals surface area contributed by atoms with Gasteiger partial charge in [0.2, 0.25) is 0 Å². The van der Waals surface area contributed by atoms with Crippen molar-refractivity contribution in [3.63, 3.8) is 0 Å². The molecule has 2 rings (SSSR count). The number of benzene rings is 1. The maximum atomic E-state index is 3.08. The van der Waals surface area contributed by atoms with Crippen LogP contribution in [0.2, 0.25) is 0 Å². The predicted octanol–water partition coefficient (Wildman–Crippen LogP) is 3.58. The predicted molar refractivity (Wildman–Crippen MR) is 60.1 cm³/mol. The third-order valence-corrected chi connectivity index (χ3v) is 2.89. The van der Waals surface area contributed by atoms with Crippen LogP contribution >= 0.6 is 11.8 Å². The van der Waals surface area contributed by atoms with Crippen molar-refractivity contribution in [3.8, 4) is 0 Å². The molecule has 0 nitrogen and oxygen atoms in total. The van der Waals surface area contributed by atoms with E-state index < -0.39 is 0 Å². The first-order chi connectivity index (χ1) is 6.95. The van der Waals surface area contributed by atoms with E-state index in [0.29, 0.717) is 0 Å². The molecule has 0 N–H and O–H groups in total. The lowest BCUT2D eigenvalue weighted by molar-refractivity contribution is 1.39. The Morgan fingerprint density at radius 1 is 1.00 bits per heavy atom. The van der Waals surface area contributed by atoms with Crippen LogP contribution in [0, 0.1) is 12.1 Å². The second kappa shape index (κ2) is 4.74. The highest BCUT2D eigenvalue weighted by molar-refractivity contribution is 7.98. The van der Waals surface area contributed by atoms with Crippen molar-refractivity contribution in [1.29, 1.82) is 0 Å². The molecule has 68 valence electrons. The molecule has 0 bridgehead atoms. The molecular formula is C13H10S. The van der Waals surface area contributed by atoms with E-state index >= 15 is 0 Å². The van der Waals surface area contributed by atoms with Gasteiger partial charge in [-0.1, -0.05) is 48.5 Å². The first-order valence-electron chi connectivity index (χ1n) is 4.50. The van der Waals surface area contributed by atoms with E-state index in [2.05, 4.69) is 42.5 Å². The monoisotopic (exact) mass is 198 g/mol. The fraction of sp³-hybridized carbons (Fsp3) is 0.0769. The Bertz CT molecular complexity index is 327. The lowest BCUT2D eigenvalue weighted by Gasteiger charge is -1.98. The van der Waals surface area contributed by atoms with Crippen LogP contribution in [0.3, 0.4) is 0 Å². The number of hydrogen-bond acceptors (Lipinski definition) is 1. The molecule has 0 aliphatic heterocycles. The first-order valence-corrected chi connectivity index (χ1v) is 5.49. The molecule has 0 spiro atoms. The Morgan fingerprint density at radius 3 is 2.57 bits per heavy atom. The Balaban J connectivity index is 1.96. The zero-order chi connectivity index (χ0) is 9.64. The fourth-order valence-electron chi connectivity index (χ4n) is 1.16. The fourth-order valence-corrected chi connectivity index (χ4v) is 1.98. The minimum Gasteiger partial charge on any atom is -0.112 e. The standard InChI is InChI=1S/C13H10S/c1-3-7-12(8-4-1)11-14-13-9-5-2-6-10-13/h1-5,7-9H,11H2. The highest BCUT2D eigenvalue weighted by atomic mass is 32.2. The number of thioether (sulfide) groups is 1. The van der Waals surface area contributed by atoms with E-state index in [1.54, 1.807) is 11.8 Å². The van der Waals surface area contributed by atoms with E-state index in [-0.39, 0.29) is 0 Å². The molecule has 0 radical (unpaired) electrons. The van der Waals surface area contributed by atoms with Gasteiger partial charge in [-0.25, -0.2) is 0 Å². The second-order valence-corrected chi connectivity index (χ2v) is 3.95. The average Bonchev–Trinajstić information content (AvgIpc) is 2.29. The molecule has 0 heterocycles. The van der Waals surface area contributed by atoms with Gasteiger partial charge in [0.25, 0.3) is 0 Å². The van der Waals surface area contributed by atoms with Gasteiger partial charge in [0.15, 0.2) is 0 Å². The molecule has 0 saturated carbocycles. The van der Waals surface area contributed by atoms with E-state index in [1.165, 1.54) is 5.56 Å². The van der Waals surface area contributed by atoms with Crippen LogP contribution in [-0.2, 0) is 5.75 Å². The van der Waals surface area contributed by atoms with Crippen LogP contribution in [0.15, 0.2) is 53.4 Å². The minimum atomic E-state index is 0.995. The van der Waals surface area contributed by atoms with E-state index in [0.717, 1.165) is 10.6 Å². The van der Waals surface area contributed by atoms with Crippen molar-refractivity contribution < 1.29 is 0 Å². The highest BCUT2D eigenvalue weighted by Gasteiger charge is 1.93. The molecule has 0 aliphatic rings. The quantitative estimate of drug-likeness (QED) is 0.679. The van der Waals surface area contributed by atoms with Crippen molar-refractivity contribution in [2.75, 3.05) is 0 Å². The van der Waals surface area contributed by atoms with Crippen molar-refractivity contribution in [3.05, 3.63) is 66.2 Å².